The van der Waals surface area contributed by atoms with Gasteiger partial charge >= 0.3 is 10.4 Å². The molecule has 0 radical (unpaired) electrons. The molecule has 0 amide bonds. The number of rotatable bonds is 2. The van der Waals surface area contributed by atoms with E-state index in [0.717, 1.165) is 37.7 Å². The van der Waals surface area contributed by atoms with E-state index in [-0.39, 0.29) is 16.6 Å². The maximum Gasteiger partial charge on any atom is 0.397 e. The molecule has 4 aliphatic rings. The van der Waals surface area contributed by atoms with Crippen molar-refractivity contribution in [1.82, 2.24) is 0 Å². The van der Waals surface area contributed by atoms with Gasteiger partial charge in [-0.3, -0.25) is 9.35 Å². The summed E-state index contributed by atoms with van der Waals surface area (Å²) in [4.78, 5) is 11.9. The van der Waals surface area contributed by atoms with Crippen molar-refractivity contribution in [2.75, 3.05) is 0 Å². The summed E-state index contributed by atoms with van der Waals surface area (Å²) in [6, 6.07) is 0. The van der Waals surface area contributed by atoms with Crippen molar-refractivity contribution in [2.24, 2.45) is 28.6 Å². The summed E-state index contributed by atoms with van der Waals surface area (Å²) in [6.45, 7) is 6.52. The van der Waals surface area contributed by atoms with E-state index in [1.807, 2.05) is 19.1 Å². The molecule has 0 aromatic heterocycles. The maximum absolute atomic E-state index is 11.9. The second-order valence-electron chi connectivity index (χ2n) is 9.42. The molecule has 150 valence electrons. The Morgan fingerprint density at radius 1 is 1.15 bits per heavy atom. The first-order valence-corrected chi connectivity index (χ1v) is 11.5. The Hall–Kier alpha value is -0.980. The molecule has 0 heterocycles. The molecule has 4 unspecified atom stereocenters. The van der Waals surface area contributed by atoms with Crippen LogP contribution in [-0.4, -0.2) is 24.9 Å². The normalized spacial score (nSPS) is 45.9. The smallest absolute Gasteiger partial charge is 0.295 e. The molecular formula is C21H30O5S. The van der Waals surface area contributed by atoms with E-state index in [2.05, 4.69) is 13.8 Å². The number of hydrogen-bond acceptors (Lipinski definition) is 4. The largest absolute Gasteiger partial charge is 0.397 e. The van der Waals surface area contributed by atoms with Gasteiger partial charge < -0.3 is 0 Å². The van der Waals surface area contributed by atoms with Gasteiger partial charge in [0.05, 0.1) is 0 Å². The van der Waals surface area contributed by atoms with Crippen molar-refractivity contribution in [2.45, 2.75) is 71.8 Å². The highest BCUT2D eigenvalue weighted by molar-refractivity contribution is 7.80. The average molecular weight is 395 g/mol. The lowest BCUT2D eigenvalue weighted by atomic mass is 9.47. The van der Waals surface area contributed by atoms with Gasteiger partial charge in [0.1, 0.15) is 6.10 Å². The van der Waals surface area contributed by atoms with Crippen LogP contribution in [0.5, 0.6) is 0 Å². The van der Waals surface area contributed by atoms with Crippen molar-refractivity contribution in [1.29, 1.82) is 0 Å². The fourth-order valence-corrected chi connectivity index (χ4v) is 7.63. The minimum absolute atomic E-state index is 0.0761. The van der Waals surface area contributed by atoms with Crippen LogP contribution in [0.25, 0.3) is 0 Å². The van der Waals surface area contributed by atoms with Crippen molar-refractivity contribution in [3.8, 4) is 0 Å². The molecule has 0 bridgehead atoms. The molecule has 6 atom stereocenters. The van der Waals surface area contributed by atoms with Crippen LogP contribution in [0.4, 0.5) is 0 Å². The van der Waals surface area contributed by atoms with Crippen molar-refractivity contribution in [3.63, 3.8) is 0 Å². The molecule has 0 spiro atoms. The predicted octanol–water partition coefficient (Wildman–Crippen LogP) is 4.26. The Kier molecular flexibility index (Phi) is 4.48. The molecular weight excluding hydrogens is 364 g/mol. The first-order chi connectivity index (χ1) is 12.6. The SMILES string of the molecule is C/C=C1\C(OS(=O)(=O)O)CC2C3CCC4=CC(=O)CC[C@]4(C)C3CC[C@]12C. The van der Waals surface area contributed by atoms with Gasteiger partial charge in [0.15, 0.2) is 5.78 Å². The number of allylic oxidation sites excluding steroid dienone is 2. The van der Waals surface area contributed by atoms with E-state index in [4.69, 9.17) is 4.18 Å². The summed E-state index contributed by atoms with van der Waals surface area (Å²) in [5, 5.41) is 0. The van der Waals surface area contributed by atoms with Gasteiger partial charge in [0.2, 0.25) is 0 Å². The highest BCUT2D eigenvalue weighted by atomic mass is 32.3. The molecule has 1 N–H and O–H groups in total. The quantitative estimate of drug-likeness (QED) is 0.559. The molecule has 0 saturated heterocycles. The second-order valence-corrected chi connectivity index (χ2v) is 10.5. The molecule has 4 rings (SSSR count). The second kappa shape index (κ2) is 6.26. The fourth-order valence-electron chi connectivity index (χ4n) is 7.15. The van der Waals surface area contributed by atoms with Gasteiger partial charge in [-0.2, -0.15) is 8.42 Å². The predicted molar refractivity (Wildman–Crippen MR) is 102 cm³/mol. The Morgan fingerprint density at radius 2 is 1.89 bits per heavy atom. The third-order valence-corrected chi connectivity index (χ3v) is 8.85. The Balaban J connectivity index is 1.68. The summed E-state index contributed by atoms with van der Waals surface area (Å²) in [7, 11) is -4.47. The first kappa shape index (κ1) is 19.3. The zero-order valence-corrected chi connectivity index (χ0v) is 17.2. The lowest BCUT2D eigenvalue weighted by Crippen LogP contribution is -2.49. The lowest BCUT2D eigenvalue weighted by molar-refractivity contribution is -0.117. The van der Waals surface area contributed by atoms with Crippen LogP contribution in [0.1, 0.15) is 65.7 Å². The van der Waals surface area contributed by atoms with Gasteiger partial charge in [-0.15, -0.1) is 0 Å². The van der Waals surface area contributed by atoms with Crippen LogP contribution >= 0.6 is 0 Å². The maximum atomic E-state index is 11.9. The molecule has 3 fully saturated rings. The van der Waals surface area contributed by atoms with Gasteiger partial charge in [0, 0.05) is 6.42 Å². The van der Waals surface area contributed by atoms with Crippen molar-refractivity contribution >= 4 is 16.2 Å². The summed E-state index contributed by atoms with van der Waals surface area (Å²) in [5.74, 6) is 1.65. The highest BCUT2D eigenvalue weighted by Crippen LogP contribution is 2.66. The van der Waals surface area contributed by atoms with Crippen LogP contribution in [0.15, 0.2) is 23.3 Å². The summed E-state index contributed by atoms with van der Waals surface area (Å²) in [5.41, 5.74) is 2.37. The van der Waals surface area contributed by atoms with E-state index in [9.17, 15) is 17.8 Å². The van der Waals surface area contributed by atoms with Crippen LogP contribution in [0.2, 0.25) is 0 Å². The number of hydrogen-bond donors (Lipinski definition) is 1. The van der Waals surface area contributed by atoms with Crippen LogP contribution in [0, 0.1) is 28.6 Å². The standard InChI is InChI=1S/C21H30O5S/c1-4-16-19(26-27(23,24)25)12-18-15-6-5-13-11-14(22)7-9-20(13,2)17(15)8-10-21(16,18)3/h4,11,15,17-19H,5-10,12H2,1-3H3,(H,23,24,25)/b16-4+/t15?,17?,18?,19?,20-,21+/m0/s1. The molecule has 0 aliphatic heterocycles. The zero-order chi connectivity index (χ0) is 19.6. The van der Waals surface area contributed by atoms with E-state index < -0.39 is 16.5 Å². The Bertz CT molecular complexity index is 826. The number of fused-ring (bicyclic) bond motifs is 5. The van der Waals surface area contributed by atoms with Crippen molar-refractivity contribution < 1.29 is 21.9 Å². The van der Waals surface area contributed by atoms with Crippen molar-refractivity contribution in [3.05, 3.63) is 23.3 Å². The molecule has 3 saturated carbocycles. The van der Waals surface area contributed by atoms with Crippen LogP contribution in [-0.2, 0) is 19.4 Å². The first-order valence-electron chi connectivity index (χ1n) is 10.1. The monoisotopic (exact) mass is 394 g/mol. The van der Waals surface area contributed by atoms with Crippen LogP contribution < -0.4 is 0 Å². The average Bonchev–Trinajstić information content (AvgIpc) is 2.84. The van der Waals surface area contributed by atoms with E-state index >= 15 is 0 Å². The number of ketones is 1. The molecule has 0 aromatic rings. The minimum Gasteiger partial charge on any atom is -0.295 e. The van der Waals surface area contributed by atoms with Gasteiger partial charge in [0.25, 0.3) is 0 Å². The third-order valence-electron chi connectivity index (χ3n) is 8.37. The third kappa shape index (κ3) is 2.95. The Morgan fingerprint density at radius 3 is 2.56 bits per heavy atom. The van der Waals surface area contributed by atoms with Gasteiger partial charge in [-0.25, -0.2) is 4.18 Å². The lowest BCUT2D eigenvalue weighted by Gasteiger charge is -2.57. The van der Waals surface area contributed by atoms with Gasteiger partial charge in [-0.05, 0) is 85.7 Å². The number of carbonyl (C=O) groups is 1. The topological polar surface area (TPSA) is 80.7 Å². The zero-order valence-electron chi connectivity index (χ0n) is 16.4. The molecule has 6 heteroatoms. The molecule has 5 nitrogen and oxygen atoms in total. The van der Waals surface area contributed by atoms with E-state index in [1.54, 1.807) is 0 Å². The van der Waals surface area contributed by atoms with Crippen LogP contribution in [0.3, 0.4) is 0 Å². The van der Waals surface area contributed by atoms with E-state index in [1.165, 1.54) is 5.57 Å². The molecule has 27 heavy (non-hydrogen) atoms. The summed E-state index contributed by atoms with van der Waals surface area (Å²) in [6.07, 6.45) is 9.66. The summed E-state index contributed by atoms with van der Waals surface area (Å²) >= 11 is 0. The molecule has 0 aromatic carbocycles. The van der Waals surface area contributed by atoms with Gasteiger partial charge in [-0.1, -0.05) is 25.5 Å². The minimum atomic E-state index is -4.47. The number of carbonyl (C=O) groups excluding carboxylic acids is 1. The van der Waals surface area contributed by atoms with E-state index in [0.29, 0.717) is 30.6 Å². The fraction of sp³-hybridized carbons (Fsp3) is 0.762. The Labute approximate surface area is 162 Å². The highest BCUT2D eigenvalue weighted by Gasteiger charge is 2.60. The summed E-state index contributed by atoms with van der Waals surface area (Å²) < 4.78 is 37.1. The molecule has 4 aliphatic carbocycles.